The van der Waals surface area contributed by atoms with Crippen LogP contribution < -0.4 is 9.47 Å². The summed E-state index contributed by atoms with van der Waals surface area (Å²) in [5.74, 6) is 1.30. The van der Waals surface area contributed by atoms with Crippen LogP contribution in [0.15, 0.2) is 55.1 Å². The van der Waals surface area contributed by atoms with Crippen LogP contribution >= 0.6 is 0 Å². The van der Waals surface area contributed by atoms with E-state index in [1.54, 1.807) is 18.2 Å². The summed E-state index contributed by atoms with van der Waals surface area (Å²) in [4.78, 5) is 12.5. The lowest BCUT2D eigenvalue weighted by molar-refractivity contribution is 0.104. The summed E-state index contributed by atoms with van der Waals surface area (Å²) in [5.41, 5.74) is 1.89. The summed E-state index contributed by atoms with van der Waals surface area (Å²) in [5, 5.41) is 9.40. The van der Waals surface area contributed by atoms with Crippen molar-refractivity contribution in [1.82, 2.24) is 0 Å². The second-order valence-corrected chi connectivity index (χ2v) is 6.89. The van der Waals surface area contributed by atoms with Gasteiger partial charge in [-0.15, -0.1) is 6.58 Å². The van der Waals surface area contributed by atoms with Crippen molar-refractivity contribution in [2.45, 2.75) is 33.1 Å². The van der Waals surface area contributed by atoms with Gasteiger partial charge in [0.05, 0.1) is 18.8 Å². The highest BCUT2D eigenvalue weighted by atomic mass is 16.5. The average molecular weight is 380 g/mol. The molecule has 1 N–H and O–H groups in total. The lowest BCUT2D eigenvalue weighted by atomic mass is 9.83. The number of ether oxygens (including phenoxy) is 2. The van der Waals surface area contributed by atoms with Gasteiger partial charge in [0.15, 0.2) is 5.78 Å². The topological polar surface area (TPSA) is 55.8 Å². The number of allylic oxidation sites excluding steroid dienone is 2. The van der Waals surface area contributed by atoms with Gasteiger partial charge in [0, 0.05) is 16.5 Å². The summed E-state index contributed by atoms with van der Waals surface area (Å²) in [6.45, 7) is 12.9. The monoisotopic (exact) mass is 380 g/mol. The highest BCUT2D eigenvalue weighted by Crippen LogP contribution is 2.40. The summed E-state index contributed by atoms with van der Waals surface area (Å²) in [6.07, 6.45) is 5.10. The molecule has 148 valence electrons. The molecule has 2 aromatic carbocycles. The minimum absolute atomic E-state index is 0.122. The van der Waals surface area contributed by atoms with Crippen LogP contribution in [0.3, 0.4) is 0 Å². The Morgan fingerprint density at radius 2 is 1.71 bits per heavy atom. The molecule has 0 unspecified atom stereocenters. The van der Waals surface area contributed by atoms with Gasteiger partial charge in [0.2, 0.25) is 0 Å². The summed E-state index contributed by atoms with van der Waals surface area (Å²) >= 11 is 0. The fourth-order valence-electron chi connectivity index (χ4n) is 2.82. The molecule has 2 rings (SSSR count). The molecule has 0 bridgehead atoms. The van der Waals surface area contributed by atoms with Crippen molar-refractivity contribution in [3.05, 3.63) is 71.8 Å². The fourth-order valence-corrected chi connectivity index (χ4v) is 2.82. The maximum absolute atomic E-state index is 12.5. The van der Waals surface area contributed by atoms with Crippen LogP contribution in [-0.2, 0) is 5.41 Å². The van der Waals surface area contributed by atoms with Crippen LogP contribution in [-0.4, -0.2) is 24.1 Å². The molecule has 0 saturated carbocycles. The Bertz CT molecular complexity index is 861. The minimum Gasteiger partial charge on any atom is -0.508 e. The third-order valence-corrected chi connectivity index (χ3v) is 4.50. The number of phenolic OH excluding ortho intramolecular Hbond substituents is 1. The number of benzene rings is 2. The van der Waals surface area contributed by atoms with Crippen molar-refractivity contribution in [2.75, 3.05) is 13.2 Å². The van der Waals surface area contributed by atoms with Gasteiger partial charge in [-0.05, 0) is 56.3 Å². The third-order valence-electron chi connectivity index (χ3n) is 4.50. The van der Waals surface area contributed by atoms with Gasteiger partial charge in [-0.2, -0.15) is 0 Å². The Hall–Kier alpha value is -3.01. The second kappa shape index (κ2) is 9.27. The molecule has 0 aliphatic heterocycles. The number of aromatic hydroxyl groups is 1. The van der Waals surface area contributed by atoms with E-state index in [4.69, 9.17) is 9.47 Å². The maximum atomic E-state index is 12.5. The standard InChI is InChI=1S/C24H28O4/c1-6-24(4,5)20-14-16-22(27-7-2)19(23(20)28-8-3)13-15-21(26)17-9-11-18(25)12-10-17/h6,9-16,25H,1,7-8H2,2-5H3/b15-13+. The molecule has 0 aliphatic rings. The van der Waals surface area contributed by atoms with Crippen molar-refractivity contribution in [1.29, 1.82) is 0 Å². The van der Waals surface area contributed by atoms with E-state index in [1.165, 1.54) is 18.2 Å². The van der Waals surface area contributed by atoms with Crippen LogP contribution in [0.25, 0.3) is 6.08 Å². The highest BCUT2D eigenvalue weighted by Gasteiger charge is 2.24. The van der Waals surface area contributed by atoms with E-state index in [0.29, 0.717) is 30.3 Å². The highest BCUT2D eigenvalue weighted by molar-refractivity contribution is 6.07. The van der Waals surface area contributed by atoms with Gasteiger partial charge in [0.25, 0.3) is 0 Å². The molecule has 0 heterocycles. The lowest BCUT2D eigenvalue weighted by Gasteiger charge is -2.26. The Morgan fingerprint density at radius 3 is 2.29 bits per heavy atom. The number of ketones is 1. The maximum Gasteiger partial charge on any atom is 0.185 e. The van der Waals surface area contributed by atoms with Crippen molar-refractivity contribution >= 4 is 11.9 Å². The molecule has 0 fully saturated rings. The zero-order chi connectivity index (χ0) is 20.7. The molecule has 0 amide bonds. The fraction of sp³-hybridized carbons (Fsp3) is 0.292. The SMILES string of the molecule is C=CC(C)(C)c1ccc(OCC)c(/C=C/C(=O)c2ccc(O)cc2)c1OCC. The Morgan fingerprint density at radius 1 is 1.07 bits per heavy atom. The number of carbonyl (C=O) groups excluding carboxylic acids is 1. The molecule has 0 radical (unpaired) electrons. The van der Waals surface area contributed by atoms with Crippen molar-refractivity contribution in [3.63, 3.8) is 0 Å². The van der Waals surface area contributed by atoms with E-state index in [-0.39, 0.29) is 16.9 Å². The van der Waals surface area contributed by atoms with E-state index >= 15 is 0 Å². The molecule has 4 heteroatoms. The van der Waals surface area contributed by atoms with Gasteiger partial charge in [0.1, 0.15) is 17.2 Å². The van der Waals surface area contributed by atoms with E-state index < -0.39 is 0 Å². The smallest absolute Gasteiger partial charge is 0.185 e. The predicted molar refractivity (Wildman–Crippen MR) is 113 cm³/mol. The summed E-state index contributed by atoms with van der Waals surface area (Å²) in [6, 6.07) is 10.0. The molecular weight excluding hydrogens is 352 g/mol. The van der Waals surface area contributed by atoms with E-state index in [0.717, 1.165) is 11.1 Å². The second-order valence-electron chi connectivity index (χ2n) is 6.89. The van der Waals surface area contributed by atoms with Crippen LogP contribution in [0, 0.1) is 0 Å². The normalized spacial score (nSPS) is 11.4. The molecule has 0 aromatic heterocycles. The first-order valence-corrected chi connectivity index (χ1v) is 9.42. The van der Waals surface area contributed by atoms with E-state index in [2.05, 4.69) is 20.4 Å². The number of hydrogen-bond donors (Lipinski definition) is 1. The first-order chi connectivity index (χ1) is 13.3. The first kappa shape index (κ1) is 21.3. The van der Waals surface area contributed by atoms with Crippen molar-refractivity contribution < 1.29 is 19.4 Å². The Balaban J connectivity index is 2.54. The Kier molecular flexibility index (Phi) is 7.05. The van der Waals surface area contributed by atoms with Crippen LogP contribution in [0.4, 0.5) is 0 Å². The van der Waals surface area contributed by atoms with Gasteiger partial charge >= 0.3 is 0 Å². The molecule has 0 saturated heterocycles. The van der Waals surface area contributed by atoms with Crippen LogP contribution in [0.1, 0.15) is 49.2 Å². The van der Waals surface area contributed by atoms with Crippen molar-refractivity contribution in [2.24, 2.45) is 0 Å². The summed E-state index contributed by atoms with van der Waals surface area (Å²) < 4.78 is 11.8. The first-order valence-electron chi connectivity index (χ1n) is 9.42. The summed E-state index contributed by atoms with van der Waals surface area (Å²) in [7, 11) is 0. The number of carbonyl (C=O) groups is 1. The molecule has 28 heavy (non-hydrogen) atoms. The molecule has 0 atom stereocenters. The molecule has 2 aromatic rings. The van der Waals surface area contributed by atoms with Gasteiger partial charge in [-0.1, -0.05) is 26.0 Å². The number of hydrogen-bond acceptors (Lipinski definition) is 4. The van der Waals surface area contributed by atoms with Crippen molar-refractivity contribution in [3.8, 4) is 17.2 Å². The Labute approximate surface area is 167 Å². The van der Waals surface area contributed by atoms with Gasteiger partial charge in [-0.25, -0.2) is 0 Å². The van der Waals surface area contributed by atoms with E-state index in [9.17, 15) is 9.90 Å². The minimum atomic E-state index is -0.307. The third kappa shape index (κ3) is 4.83. The van der Waals surface area contributed by atoms with E-state index in [1.807, 2.05) is 32.1 Å². The number of phenols is 1. The zero-order valence-corrected chi connectivity index (χ0v) is 17.0. The lowest BCUT2D eigenvalue weighted by Crippen LogP contribution is -2.16. The quantitative estimate of drug-likeness (QED) is 0.352. The van der Waals surface area contributed by atoms with Crippen LogP contribution in [0.5, 0.6) is 17.2 Å². The molecule has 4 nitrogen and oxygen atoms in total. The molecular formula is C24H28O4. The predicted octanol–water partition coefficient (Wildman–Crippen LogP) is 5.55. The zero-order valence-electron chi connectivity index (χ0n) is 17.0. The van der Waals surface area contributed by atoms with Gasteiger partial charge in [-0.3, -0.25) is 4.79 Å². The molecule has 0 spiro atoms. The van der Waals surface area contributed by atoms with Crippen LogP contribution in [0.2, 0.25) is 0 Å². The molecule has 0 aliphatic carbocycles. The van der Waals surface area contributed by atoms with Gasteiger partial charge < -0.3 is 14.6 Å². The average Bonchev–Trinajstić information content (AvgIpc) is 2.68. The largest absolute Gasteiger partial charge is 0.508 e. The number of rotatable bonds is 9.